The minimum atomic E-state index is -0.463. The van der Waals surface area contributed by atoms with E-state index in [9.17, 15) is 14.0 Å². The summed E-state index contributed by atoms with van der Waals surface area (Å²) in [4.78, 5) is 29.2. The summed E-state index contributed by atoms with van der Waals surface area (Å²) in [5.41, 5.74) is 6.10. The Kier molecular flexibility index (Phi) is 42.2. The molecule has 1 atom stereocenters. The van der Waals surface area contributed by atoms with E-state index in [0.717, 1.165) is 115 Å². The molecule has 408 valence electrons. The molecule has 5 nitrogen and oxygen atoms in total. The van der Waals surface area contributed by atoms with Crippen LogP contribution < -0.4 is 5.32 Å². The molecule has 2 saturated carbocycles. The largest absolute Gasteiger partial charge is 0.395 e. The molecular weight excluding hydrogens is 876 g/mol. The van der Waals surface area contributed by atoms with Crippen molar-refractivity contribution in [2.75, 3.05) is 6.61 Å². The third-order valence-corrected chi connectivity index (χ3v) is 13.2. The molecule has 2 fully saturated rings. The molecule has 71 heavy (non-hydrogen) atoms. The zero-order chi connectivity index (χ0) is 55.2. The lowest BCUT2D eigenvalue weighted by Gasteiger charge is -2.36. The minimum Gasteiger partial charge on any atom is -0.395 e. The predicted octanol–water partition coefficient (Wildman–Crippen LogP) is 19.9. The fraction of sp³-hybridized carbons (Fsp3) is 0.677. The summed E-state index contributed by atoms with van der Waals surface area (Å²) in [5.74, 6) is 3.08. The van der Waals surface area contributed by atoms with Gasteiger partial charge in [0.15, 0.2) is 0 Å². The van der Waals surface area contributed by atoms with E-state index in [0.29, 0.717) is 11.5 Å². The van der Waals surface area contributed by atoms with Gasteiger partial charge in [0.25, 0.3) is 0 Å². The second kappa shape index (κ2) is 41.8. The lowest BCUT2D eigenvalue weighted by atomic mass is 9.65. The molecule has 0 heterocycles. The first-order valence-corrected chi connectivity index (χ1v) is 28.4. The summed E-state index contributed by atoms with van der Waals surface area (Å²) in [6, 6.07) is 6.40. The average molecular weight is 990 g/mol. The number of unbranched alkanes of at least 4 members (excludes halogenated alkanes) is 5. The Morgan fingerprint density at radius 3 is 1.77 bits per heavy atom. The maximum absolute atomic E-state index is 14.4. The molecule has 1 aromatic carbocycles. The van der Waals surface area contributed by atoms with E-state index in [-0.39, 0.29) is 23.7 Å². The number of halogens is 1. The number of nitrogens with one attached hydrogen (secondary N) is 1. The number of ketones is 2. The fourth-order valence-electron chi connectivity index (χ4n) is 8.26. The highest BCUT2D eigenvalue weighted by molar-refractivity contribution is 5.92. The Balaban J connectivity index is -0.00000126. The molecule has 6 heteroatoms. The van der Waals surface area contributed by atoms with Gasteiger partial charge < -0.3 is 10.4 Å². The number of benzene rings is 1. The van der Waals surface area contributed by atoms with Gasteiger partial charge in [-0.1, -0.05) is 199 Å². The van der Waals surface area contributed by atoms with Crippen molar-refractivity contribution in [3.8, 4) is 0 Å². The first-order chi connectivity index (χ1) is 33.6. The molecule has 0 aromatic heterocycles. The Morgan fingerprint density at radius 2 is 1.44 bits per heavy atom. The Morgan fingerprint density at radius 1 is 0.901 bits per heavy atom. The van der Waals surface area contributed by atoms with Crippen molar-refractivity contribution in [2.45, 2.75) is 253 Å². The smallest absolute Gasteiger partial charge is 0.146 e. The van der Waals surface area contributed by atoms with Gasteiger partial charge in [0.05, 0.1) is 28.8 Å². The number of rotatable bonds is 25. The van der Waals surface area contributed by atoms with Crippen molar-refractivity contribution in [1.82, 2.24) is 5.32 Å². The summed E-state index contributed by atoms with van der Waals surface area (Å²) in [6.07, 6.45) is 29.3. The van der Waals surface area contributed by atoms with E-state index in [4.69, 9.17) is 10.1 Å². The van der Waals surface area contributed by atoms with Crippen LogP contribution in [0.2, 0.25) is 0 Å². The van der Waals surface area contributed by atoms with Gasteiger partial charge in [-0.05, 0) is 150 Å². The summed E-state index contributed by atoms with van der Waals surface area (Å²) in [7, 11) is 0. The van der Waals surface area contributed by atoms with Crippen LogP contribution in [0.5, 0.6) is 0 Å². The standard InChI is InChI=1S/C38H55FN2O.C7H14.C7H16.C6H10O2.C4H10.C3H8/c1-12-18-24-40-36(30(10)31(11)41-35(19-13-2)34(39)17-6)26-28(8)32-20-21-33(29(9)25-32)38(22-14-3,23-15-4)37(42)27(7)16-5;1-3-7-4-6(2)5-7;1-3-5-7-6-4-2;1-5(8)6(4-7)2-3-6;1-4(2)3;1-3-2/h13,17,19-21,24-27,41H,6,8,12,14-16,18,22-23H2,1-5,7,9-11H3;6-7H,3-5H2,1-2H3;3-7H2,1-2H3;7H,2-4H2,1H3;4H,1-3H3;3H2,1-2H3/b19-13-,31-30+,35-34-,36-26+,40-24?;;;;;. The van der Waals surface area contributed by atoms with E-state index < -0.39 is 11.2 Å². The van der Waals surface area contributed by atoms with Gasteiger partial charge >= 0.3 is 0 Å². The van der Waals surface area contributed by atoms with Gasteiger partial charge in [-0.25, -0.2) is 4.39 Å². The van der Waals surface area contributed by atoms with Crippen LogP contribution in [0.1, 0.15) is 257 Å². The first-order valence-electron chi connectivity index (χ1n) is 28.4. The van der Waals surface area contributed by atoms with Crippen molar-refractivity contribution in [3.05, 3.63) is 101 Å². The highest BCUT2D eigenvalue weighted by Crippen LogP contribution is 2.45. The Hall–Kier alpha value is -3.64. The lowest BCUT2D eigenvalue weighted by Crippen LogP contribution is -2.40. The van der Waals surface area contributed by atoms with E-state index in [1.54, 1.807) is 19.1 Å². The quantitative estimate of drug-likeness (QED) is 0.0581. The first kappa shape index (κ1) is 71.6. The van der Waals surface area contributed by atoms with Gasteiger partial charge in [0.2, 0.25) is 0 Å². The molecule has 0 amide bonds. The molecule has 0 saturated heterocycles. The van der Waals surface area contributed by atoms with Crippen molar-refractivity contribution in [1.29, 1.82) is 0 Å². The molecule has 2 aliphatic rings. The normalized spacial score (nSPS) is 16.8. The highest BCUT2D eigenvalue weighted by Gasteiger charge is 2.46. The van der Waals surface area contributed by atoms with Gasteiger partial charge in [0.1, 0.15) is 17.4 Å². The second-order valence-corrected chi connectivity index (χ2v) is 21.1. The zero-order valence-corrected chi connectivity index (χ0v) is 49.9. The number of nitrogens with zero attached hydrogens (tertiary/aromatic N) is 1. The average Bonchev–Trinajstić information content (AvgIpc) is 4.14. The zero-order valence-electron chi connectivity index (χ0n) is 49.9. The number of aliphatic hydroxyl groups is 1. The number of aryl methyl sites for hydroxylation is 1. The number of aliphatic hydroxyl groups excluding tert-OH is 1. The van der Waals surface area contributed by atoms with Crippen molar-refractivity contribution in [2.24, 2.45) is 34.1 Å². The van der Waals surface area contributed by atoms with E-state index in [1.165, 1.54) is 63.9 Å². The van der Waals surface area contributed by atoms with Crippen LogP contribution in [0.25, 0.3) is 5.57 Å². The maximum atomic E-state index is 14.4. The fourth-order valence-corrected chi connectivity index (χ4v) is 8.26. The van der Waals surface area contributed by atoms with Gasteiger partial charge in [0, 0.05) is 17.8 Å². The van der Waals surface area contributed by atoms with Crippen LogP contribution in [0.3, 0.4) is 0 Å². The van der Waals surface area contributed by atoms with Crippen LogP contribution in [0, 0.1) is 36.0 Å². The number of aliphatic imine (C=N–C) groups is 1. The summed E-state index contributed by atoms with van der Waals surface area (Å²) >= 11 is 0. The number of hydrogen-bond donors (Lipinski definition) is 2. The lowest BCUT2D eigenvalue weighted by molar-refractivity contribution is -0.129. The summed E-state index contributed by atoms with van der Waals surface area (Å²) in [6.45, 7) is 47.9. The van der Waals surface area contributed by atoms with Crippen molar-refractivity contribution < 1.29 is 19.1 Å². The van der Waals surface area contributed by atoms with E-state index in [1.807, 2.05) is 33.1 Å². The molecule has 2 N–H and O–H groups in total. The number of hydrogen-bond acceptors (Lipinski definition) is 5. The van der Waals surface area contributed by atoms with Crippen LogP contribution in [-0.4, -0.2) is 29.5 Å². The number of carbonyl (C=O) groups excluding carboxylic acids is 2. The summed E-state index contributed by atoms with van der Waals surface area (Å²) < 4.78 is 14.4. The molecule has 0 aliphatic heterocycles. The number of carbonyl (C=O) groups is 2. The number of Topliss-reactive ketones (excluding diaryl/α,β-unsaturated/α-hetero) is 2. The van der Waals surface area contributed by atoms with Crippen LogP contribution in [0.4, 0.5) is 4.39 Å². The monoisotopic (exact) mass is 989 g/mol. The molecule has 0 bridgehead atoms. The third-order valence-electron chi connectivity index (χ3n) is 13.2. The van der Waals surface area contributed by atoms with E-state index in [2.05, 4.69) is 141 Å². The SMILES string of the molecule is C=C/C(F)=C(\C=C/C)N/C(C)=C(C)/C(=C\C(=C)c1ccc(C(CCC)(CCC)C(=O)C(C)CC)c(C)c1)N=CCCC.CC(=O)C1(CO)CC1.CC(C)C.CCC.CCC1CC(C)C1.CCCCCCC. The van der Waals surface area contributed by atoms with Crippen molar-refractivity contribution in [3.63, 3.8) is 0 Å². The minimum absolute atomic E-state index is 0.0263. The van der Waals surface area contributed by atoms with Crippen LogP contribution >= 0.6 is 0 Å². The Bertz CT molecular complexity index is 1770. The molecule has 3 rings (SSSR count). The molecule has 0 radical (unpaired) electrons. The molecule has 0 spiro atoms. The second-order valence-electron chi connectivity index (χ2n) is 21.1. The van der Waals surface area contributed by atoms with Gasteiger partial charge in [-0.15, -0.1) is 0 Å². The Labute approximate surface area is 440 Å². The third kappa shape index (κ3) is 29.0. The molecule has 2 aliphatic carbocycles. The predicted molar refractivity (Wildman–Crippen MR) is 315 cm³/mol. The molecule has 1 aromatic rings. The maximum Gasteiger partial charge on any atom is 0.146 e. The van der Waals surface area contributed by atoms with Crippen molar-refractivity contribution >= 4 is 23.4 Å². The van der Waals surface area contributed by atoms with E-state index >= 15 is 0 Å². The van der Waals surface area contributed by atoms with Crippen LogP contribution in [-0.2, 0) is 15.0 Å². The summed E-state index contributed by atoms with van der Waals surface area (Å²) in [5, 5.41) is 11.8. The highest BCUT2D eigenvalue weighted by atomic mass is 19.1. The number of allylic oxidation sites excluding steroid dienone is 8. The molecular formula is C65H113FN2O3. The van der Waals surface area contributed by atoms with Gasteiger partial charge in [-0.2, -0.15) is 0 Å². The van der Waals surface area contributed by atoms with Gasteiger partial charge in [-0.3, -0.25) is 14.6 Å². The van der Waals surface area contributed by atoms with Crippen LogP contribution in [0.15, 0.2) is 89.1 Å². The topological polar surface area (TPSA) is 78.8 Å². The molecule has 1 unspecified atom stereocenters.